The van der Waals surface area contributed by atoms with E-state index in [0.717, 1.165) is 12.2 Å². The quantitative estimate of drug-likeness (QED) is 0.804. The Morgan fingerprint density at radius 3 is 2.32 bits per heavy atom. The summed E-state index contributed by atoms with van der Waals surface area (Å²) in [6, 6.07) is 13.9. The Bertz CT molecular complexity index is 724. The fraction of sp³-hybridized carbons (Fsp3) is 0.300. The SMILES string of the molecule is CCCOc1ccc(C(=O)Nc2ccccc2C(=O)NC(C)C)cc1. The smallest absolute Gasteiger partial charge is 0.255 e. The Balaban J connectivity index is 2.11. The molecule has 5 heteroatoms. The van der Waals surface area contributed by atoms with E-state index < -0.39 is 0 Å². The number of amides is 2. The summed E-state index contributed by atoms with van der Waals surface area (Å²) in [6.45, 7) is 6.46. The molecule has 2 amide bonds. The molecule has 0 saturated carbocycles. The van der Waals surface area contributed by atoms with Crippen LogP contribution >= 0.6 is 0 Å². The van der Waals surface area contributed by atoms with Crippen LogP contribution in [-0.2, 0) is 0 Å². The Morgan fingerprint density at radius 2 is 1.68 bits per heavy atom. The van der Waals surface area contributed by atoms with Gasteiger partial charge in [0.2, 0.25) is 0 Å². The summed E-state index contributed by atoms with van der Waals surface area (Å²) in [5, 5.41) is 5.64. The summed E-state index contributed by atoms with van der Waals surface area (Å²) in [4.78, 5) is 24.7. The molecule has 2 aromatic carbocycles. The predicted molar refractivity (Wildman–Crippen MR) is 99.2 cm³/mol. The standard InChI is InChI=1S/C20H24N2O3/c1-4-13-25-16-11-9-15(10-12-16)19(23)22-18-8-6-5-7-17(18)20(24)21-14(2)3/h5-12,14H,4,13H2,1-3H3,(H,21,24)(H,22,23). The molecule has 5 nitrogen and oxygen atoms in total. The highest BCUT2D eigenvalue weighted by Crippen LogP contribution is 2.18. The average molecular weight is 340 g/mol. The monoisotopic (exact) mass is 340 g/mol. The van der Waals surface area contributed by atoms with Crippen molar-refractivity contribution in [2.24, 2.45) is 0 Å². The Kier molecular flexibility index (Phi) is 6.57. The largest absolute Gasteiger partial charge is 0.494 e. The van der Waals surface area contributed by atoms with E-state index in [9.17, 15) is 9.59 Å². The number of ether oxygens (including phenoxy) is 1. The molecule has 2 N–H and O–H groups in total. The minimum absolute atomic E-state index is 0.0203. The summed E-state index contributed by atoms with van der Waals surface area (Å²) < 4.78 is 5.51. The number of para-hydroxylation sites is 1. The van der Waals surface area contributed by atoms with Gasteiger partial charge in [0, 0.05) is 11.6 Å². The van der Waals surface area contributed by atoms with Crippen LogP contribution in [0.4, 0.5) is 5.69 Å². The highest BCUT2D eigenvalue weighted by molar-refractivity contribution is 6.09. The van der Waals surface area contributed by atoms with Crippen molar-refractivity contribution in [1.29, 1.82) is 0 Å². The van der Waals surface area contributed by atoms with Gasteiger partial charge < -0.3 is 15.4 Å². The molecule has 0 unspecified atom stereocenters. The molecule has 0 aliphatic rings. The number of rotatable bonds is 7. The number of hydrogen-bond donors (Lipinski definition) is 2. The molecule has 0 aliphatic carbocycles. The summed E-state index contributed by atoms with van der Waals surface area (Å²) in [6.07, 6.45) is 0.928. The molecule has 0 bridgehead atoms. The van der Waals surface area contributed by atoms with Crippen molar-refractivity contribution >= 4 is 17.5 Å². The first-order valence-electron chi connectivity index (χ1n) is 8.45. The lowest BCUT2D eigenvalue weighted by Gasteiger charge is -2.13. The average Bonchev–Trinajstić information content (AvgIpc) is 2.60. The molecule has 0 spiro atoms. The number of hydrogen-bond acceptors (Lipinski definition) is 3. The maximum Gasteiger partial charge on any atom is 0.255 e. The lowest BCUT2D eigenvalue weighted by Crippen LogP contribution is -2.31. The van der Waals surface area contributed by atoms with Crippen LogP contribution in [0.25, 0.3) is 0 Å². The van der Waals surface area contributed by atoms with Gasteiger partial charge in [-0.3, -0.25) is 9.59 Å². The van der Waals surface area contributed by atoms with E-state index in [1.165, 1.54) is 0 Å². The number of benzene rings is 2. The van der Waals surface area contributed by atoms with Crippen molar-refractivity contribution < 1.29 is 14.3 Å². The zero-order chi connectivity index (χ0) is 18.2. The molecule has 0 atom stereocenters. The van der Waals surface area contributed by atoms with Crippen molar-refractivity contribution in [2.75, 3.05) is 11.9 Å². The van der Waals surface area contributed by atoms with Crippen molar-refractivity contribution in [3.63, 3.8) is 0 Å². The molecular weight excluding hydrogens is 316 g/mol. The third kappa shape index (κ3) is 5.35. The number of carbonyl (C=O) groups is 2. The highest BCUT2D eigenvalue weighted by Gasteiger charge is 2.14. The van der Waals surface area contributed by atoms with Gasteiger partial charge >= 0.3 is 0 Å². The minimum Gasteiger partial charge on any atom is -0.494 e. The fourth-order valence-electron chi connectivity index (χ4n) is 2.25. The van der Waals surface area contributed by atoms with Crippen molar-refractivity contribution in [3.8, 4) is 5.75 Å². The first-order valence-corrected chi connectivity index (χ1v) is 8.45. The number of carbonyl (C=O) groups excluding carboxylic acids is 2. The zero-order valence-electron chi connectivity index (χ0n) is 14.8. The molecule has 2 rings (SSSR count). The normalized spacial score (nSPS) is 10.4. The first-order chi connectivity index (χ1) is 12.0. The predicted octanol–water partition coefficient (Wildman–Crippen LogP) is 3.87. The van der Waals surface area contributed by atoms with E-state index in [2.05, 4.69) is 10.6 Å². The second kappa shape index (κ2) is 8.87. The molecule has 0 fully saturated rings. The van der Waals surface area contributed by atoms with E-state index in [0.29, 0.717) is 23.4 Å². The summed E-state index contributed by atoms with van der Waals surface area (Å²) in [5.74, 6) is 0.246. The lowest BCUT2D eigenvalue weighted by molar-refractivity contribution is 0.0944. The van der Waals surface area contributed by atoms with Gasteiger partial charge in [-0.1, -0.05) is 19.1 Å². The van der Waals surface area contributed by atoms with Crippen molar-refractivity contribution in [1.82, 2.24) is 5.32 Å². The van der Waals surface area contributed by atoms with Gasteiger partial charge in [-0.2, -0.15) is 0 Å². The molecule has 0 radical (unpaired) electrons. The molecule has 0 aromatic heterocycles. The maximum atomic E-state index is 12.5. The summed E-state index contributed by atoms with van der Waals surface area (Å²) in [7, 11) is 0. The molecule has 0 saturated heterocycles. The topological polar surface area (TPSA) is 67.4 Å². The van der Waals surface area contributed by atoms with Gasteiger partial charge in [0.05, 0.1) is 17.9 Å². The minimum atomic E-state index is -0.271. The van der Waals surface area contributed by atoms with Crippen LogP contribution in [-0.4, -0.2) is 24.5 Å². The van der Waals surface area contributed by atoms with Gasteiger partial charge in [-0.05, 0) is 56.7 Å². The molecule has 132 valence electrons. The third-order valence-electron chi connectivity index (χ3n) is 3.43. The molecule has 0 aliphatic heterocycles. The van der Waals surface area contributed by atoms with Crippen LogP contribution < -0.4 is 15.4 Å². The summed E-state index contributed by atoms with van der Waals surface area (Å²) in [5.41, 5.74) is 1.42. The first kappa shape index (κ1) is 18.5. The van der Waals surface area contributed by atoms with Gasteiger partial charge in [-0.25, -0.2) is 0 Å². The molecular formula is C20H24N2O3. The van der Waals surface area contributed by atoms with Crippen LogP contribution in [0.5, 0.6) is 5.75 Å². The zero-order valence-corrected chi connectivity index (χ0v) is 14.8. The van der Waals surface area contributed by atoms with Crippen LogP contribution in [0.1, 0.15) is 47.9 Å². The van der Waals surface area contributed by atoms with Gasteiger partial charge in [-0.15, -0.1) is 0 Å². The van der Waals surface area contributed by atoms with Gasteiger partial charge in [0.25, 0.3) is 11.8 Å². The second-order valence-corrected chi connectivity index (χ2v) is 6.00. The van der Waals surface area contributed by atoms with Crippen molar-refractivity contribution in [3.05, 3.63) is 59.7 Å². The van der Waals surface area contributed by atoms with Crippen LogP contribution in [0.2, 0.25) is 0 Å². The molecule has 0 heterocycles. The van der Waals surface area contributed by atoms with E-state index in [4.69, 9.17) is 4.74 Å². The summed E-state index contributed by atoms with van der Waals surface area (Å²) >= 11 is 0. The lowest BCUT2D eigenvalue weighted by atomic mass is 10.1. The Labute approximate surface area is 148 Å². The number of anilines is 1. The highest BCUT2D eigenvalue weighted by atomic mass is 16.5. The van der Waals surface area contributed by atoms with Crippen molar-refractivity contribution in [2.45, 2.75) is 33.2 Å². The third-order valence-corrected chi connectivity index (χ3v) is 3.43. The van der Waals surface area contributed by atoms with Gasteiger partial charge in [0.15, 0.2) is 0 Å². The van der Waals surface area contributed by atoms with Crippen LogP contribution in [0.15, 0.2) is 48.5 Å². The van der Waals surface area contributed by atoms with Gasteiger partial charge in [0.1, 0.15) is 5.75 Å². The van der Waals surface area contributed by atoms with Crippen LogP contribution in [0, 0.1) is 0 Å². The van der Waals surface area contributed by atoms with E-state index >= 15 is 0 Å². The van der Waals surface area contributed by atoms with Crippen LogP contribution in [0.3, 0.4) is 0 Å². The molecule has 2 aromatic rings. The van der Waals surface area contributed by atoms with E-state index in [1.54, 1.807) is 48.5 Å². The van der Waals surface area contributed by atoms with E-state index in [1.807, 2.05) is 20.8 Å². The van der Waals surface area contributed by atoms with E-state index in [-0.39, 0.29) is 17.9 Å². The fourth-order valence-corrected chi connectivity index (χ4v) is 2.25. The number of nitrogens with one attached hydrogen (secondary N) is 2. The maximum absolute atomic E-state index is 12.5. The Hall–Kier alpha value is -2.82. The molecule has 25 heavy (non-hydrogen) atoms. The second-order valence-electron chi connectivity index (χ2n) is 6.00. The Morgan fingerprint density at radius 1 is 1.00 bits per heavy atom.